The second-order valence-electron chi connectivity index (χ2n) is 3.98. The zero-order chi connectivity index (χ0) is 12.3. The zero-order valence-electron chi connectivity index (χ0n) is 9.69. The minimum atomic E-state index is -0.444. The van der Waals surface area contributed by atoms with Crippen LogP contribution in [-0.2, 0) is 12.8 Å². The highest BCUT2D eigenvalue weighted by molar-refractivity contribution is 7.16. The van der Waals surface area contributed by atoms with Gasteiger partial charge in [0.25, 0.3) is 0 Å². The largest absolute Gasteiger partial charge is 0.388 e. The Morgan fingerprint density at radius 3 is 2.65 bits per heavy atom. The number of aliphatic hydroxyl groups excluding tert-OH is 1. The van der Waals surface area contributed by atoms with E-state index in [0.717, 1.165) is 21.2 Å². The summed E-state index contributed by atoms with van der Waals surface area (Å²) in [7, 11) is 0. The molecular weight excluding hydrogens is 252 g/mol. The lowest BCUT2D eigenvalue weighted by Crippen LogP contribution is -2.03. The molecule has 1 N–H and O–H groups in total. The van der Waals surface area contributed by atoms with E-state index in [0.29, 0.717) is 6.42 Å². The van der Waals surface area contributed by atoms with Crippen molar-refractivity contribution in [2.24, 2.45) is 0 Å². The highest BCUT2D eigenvalue weighted by atomic mass is 35.5. The average Bonchev–Trinajstić information content (AvgIpc) is 2.74. The molecule has 0 bridgehead atoms. The molecule has 3 heteroatoms. The van der Waals surface area contributed by atoms with E-state index in [1.807, 2.05) is 30.3 Å². The molecule has 1 aromatic heterocycles. The van der Waals surface area contributed by atoms with Gasteiger partial charge in [0.15, 0.2) is 0 Å². The lowest BCUT2D eigenvalue weighted by molar-refractivity contribution is 0.178. The van der Waals surface area contributed by atoms with Gasteiger partial charge in [-0.2, -0.15) is 0 Å². The standard InChI is InChI=1S/C14H15ClOS/c1-2-10-5-3-4-6-12(10)13(16)9-11-7-8-14(15)17-11/h3-8,13,16H,2,9H2,1H3. The molecule has 0 aliphatic carbocycles. The molecule has 0 amide bonds. The number of hydrogen-bond acceptors (Lipinski definition) is 2. The summed E-state index contributed by atoms with van der Waals surface area (Å²) in [6.07, 6.45) is 1.13. The number of aliphatic hydroxyl groups is 1. The fraction of sp³-hybridized carbons (Fsp3) is 0.286. The molecule has 1 aromatic carbocycles. The maximum absolute atomic E-state index is 10.3. The van der Waals surface area contributed by atoms with E-state index in [4.69, 9.17) is 11.6 Å². The van der Waals surface area contributed by atoms with Crippen molar-refractivity contribution in [1.29, 1.82) is 0 Å². The van der Waals surface area contributed by atoms with Crippen molar-refractivity contribution in [3.8, 4) is 0 Å². The van der Waals surface area contributed by atoms with E-state index in [2.05, 4.69) is 13.0 Å². The van der Waals surface area contributed by atoms with Gasteiger partial charge in [-0.15, -0.1) is 11.3 Å². The zero-order valence-corrected chi connectivity index (χ0v) is 11.3. The molecule has 0 spiro atoms. The summed E-state index contributed by atoms with van der Waals surface area (Å²) in [5.74, 6) is 0. The van der Waals surface area contributed by atoms with Gasteiger partial charge < -0.3 is 5.11 Å². The van der Waals surface area contributed by atoms with Crippen molar-refractivity contribution >= 4 is 22.9 Å². The molecule has 0 radical (unpaired) electrons. The van der Waals surface area contributed by atoms with Crippen molar-refractivity contribution in [3.05, 3.63) is 56.7 Å². The van der Waals surface area contributed by atoms with Crippen molar-refractivity contribution in [1.82, 2.24) is 0 Å². The van der Waals surface area contributed by atoms with Gasteiger partial charge in [-0.1, -0.05) is 42.8 Å². The smallest absolute Gasteiger partial charge is 0.0931 e. The van der Waals surface area contributed by atoms with Gasteiger partial charge in [0, 0.05) is 11.3 Å². The Morgan fingerprint density at radius 2 is 2.00 bits per heavy atom. The topological polar surface area (TPSA) is 20.2 Å². The van der Waals surface area contributed by atoms with E-state index in [1.54, 1.807) is 0 Å². The molecule has 0 saturated carbocycles. The number of aryl methyl sites for hydroxylation is 1. The molecule has 0 aliphatic rings. The van der Waals surface area contributed by atoms with Crippen LogP contribution in [0, 0.1) is 0 Å². The first-order chi connectivity index (χ1) is 8.20. The normalized spacial score (nSPS) is 12.6. The van der Waals surface area contributed by atoms with Gasteiger partial charge in [0.2, 0.25) is 0 Å². The average molecular weight is 267 g/mol. The maximum Gasteiger partial charge on any atom is 0.0931 e. The summed E-state index contributed by atoms with van der Waals surface area (Å²) in [5.41, 5.74) is 2.24. The van der Waals surface area contributed by atoms with E-state index < -0.39 is 6.10 Å². The SMILES string of the molecule is CCc1ccccc1C(O)Cc1ccc(Cl)s1. The maximum atomic E-state index is 10.3. The van der Waals surface area contributed by atoms with Crippen molar-refractivity contribution in [2.45, 2.75) is 25.9 Å². The predicted molar refractivity (Wildman–Crippen MR) is 73.8 cm³/mol. The van der Waals surface area contributed by atoms with Gasteiger partial charge >= 0.3 is 0 Å². The first kappa shape index (κ1) is 12.6. The molecule has 2 rings (SSSR count). The number of halogens is 1. The Labute approximate surface area is 111 Å². The summed E-state index contributed by atoms with van der Waals surface area (Å²) in [4.78, 5) is 1.12. The molecule has 2 aromatic rings. The van der Waals surface area contributed by atoms with Crippen LogP contribution in [-0.4, -0.2) is 5.11 Å². The second-order valence-corrected chi connectivity index (χ2v) is 5.78. The van der Waals surface area contributed by atoms with Gasteiger partial charge in [-0.25, -0.2) is 0 Å². The first-order valence-electron chi connectivity index (χ1n) is 5.70. The summed E-state index contributed by atoms with van der Waals surface area (Å²) in [5, 5.41) is 10.3. The first-order valence-corrected chi connectivity index (χ1v) is 6.90. The molecule has 1 atom stereocenters. The minimum Gasteiger partial charge on any atom is -0.388 e. The molecular formula is C14H15ClOS. The van der Waals surface area contributed by atoms with Gasteiger partial charge in [-0.3, -0.25) is 0 Å². The molecule has 1 nitrogen and oxygen atoms in total. The Kier molecular flexibility index (Phi) is 4.21. The fourth-order valence-corrected chi connectivity index (χ4v) is 3.07. The Balaban J connectivity index is 2.16. The lowest BCUT2D eigenvalue weighted by Gasteiger charge is -2.13. The summed E-state index contributed by atoms with van der Waals surface area (Å²) in [6.45, 7) is 2.10. The highest BCUT2D eigenvalue weighted by Crippen LogP contribution is 2.28. The van der Waals surface area contributed by atoms with Crippen LogP contribution in [0.4, 0.5) is 0 Å². The number of hydrogen-bond donors (Lipinski definition) is 1. The number of rotatable bonds is 4. The van der Waals surface area contributed by atoms with Crippen molar-refractivity contribution < 1.29 is 5.11 Å². The Hall–Kier alpha value is -0.830. The second kappa shape index (κ2) is 5.67. The number of thiophene rings is 1. The highest BCUT2D eigenvalue weighted by Gasteiger charge is 2.12. The molecule has 90 valence electrons. The van der Waals surface area contributed by atoms with Crippen LogP contribution in [0.5, 0.6) is 0 Å². The molecule has 1 unspecified atom stereocenters. The van der Waals surface area contributed by atoms with Crippen LogP contribution < -0.4 is 0 Å². The Morgan fingerprint density at radius 1 is 1.24 bits per heavy atom. The van der Waals surface area contributed by atoms with Crippen LogP contribution in [0.3, 0.4) is 0 Å². The Bertz CT molecular complexity index is 492. The van der Waals surface area contributed by atoms with Crippen LogP contribution >= 0.6 is 22.9 Å². The van der Waals surface area contributed by atoms with E-state index in [9.17, 15) is 5.11 Å². The van der Waals surface area contributed by atoms with Crippen LogP contribution in [0.2, 0.25) is 4.34 Å². The third-order valence-electron chi connectivity index (χ3n) is 2.82. The third kappa shape index (κ3) is 3.09. The van der Waals surface area contributed by atoms with Crippen molar-refractivity contribution in [2.75, 3.05) is 0 Å². The minimum absolute atomic E-state index is 0.444. The third-order valence-corrected chi connectivity index (χ3v) is 4.07. The van der Waals surface area contributed by atoms with Crippen molar-refractivity contribution in [3.63, 3.8) is 0 Å². The van der Waals surface area contributed by atoms with Gasteiger partial charge in [-0.05, 0) is 29.7 Å². The molecule has 1 heterocycles. The van der Waals surface area contributed by atoms with E-state index >= 15 is 0 Å². The fourth-order valence-electron chi connectivity index (χ4n) is 1.94. The predicted octanol–water partition coefficient (Wildman–Crippen LogP) is 4.24. The molecule has 0 fully saturated rings. The van der Waals surface area contributed by atoms with Gasteiger partial charge in [0.05, 0.1) is 10.4 Å². The summed E-state index contributed by atoms with van der Waals surface area (Å²) < 4.78 is 0.774. The molecule has 0 saturated heterocycles. The summed E-state index contributed by atoms with van der Waals surface area (Å²) in [6, 6.07) is 11.9. The van der Waals surface area contributed by atoms with E-state index in [-0.39, 0.29) is 0 Å². The quantitative estimate of drug-likeness (QED) is 0.878. The lowest BCUT2D eigenvalue weighted by atomic mass is 9.98. The number of benzene rings is 1. The van der Waals surface area contributed by atoms with E-state index in [1.165, 1.54) is 16.9 Å². The summed E-state index contributed by atoms with van der Waals surface area (Å²) >= 11 is 7.41. The van der Waals surface area contributed by atoms with Crippen LogP contribution in [0.15, 0.2) is 36.4 Å². The molecule has 0 aliphatic heterocycles. The monoisotopic (exact) mass is 266 g/mol. The van der Waals surface area contributed by atoms with Crippen LogP contribution in [0.1, 0.15) is 29.0 Å². The molecule has 17 heavy (non-hydrogen) atoms. The van der Waals surface area contributed by atoms with Crippen LogP contribution in [0.25, 0.3) is 0 Å². The van der Waals surface area contributed by atoms with Gasteiger partial charge in [0.1, 0.15) is 0 Å².